The molecule has 0 amide bonds. The van der Waals surface area contributed by atoms with Gasteiger partial charge in [0.15, 0.2) is 5.78 Å². The first-order chi connectivity index (χ1) is 13.5. The summed E-state index contributed by atoms with van der Waals surface area (Å²) in [7, 11) is 0. The molecule has 4 nitrogen and oxygen atoms in total. The summed E-state index contributed by atoms with van der Waals surface area (Å²) in [4.78, 5) is 20.2. The minimum atomic E-state index is -0.176. The summed E-state index contributed by atoms with van der Waals surface area (Å²) in [6.45, 7) is 8.75. The van der Waals surface area contributed by atoms with Crippen molar-refractivity contribution >= 4 is 11.5 Å². The van der Waals surface area contributed by atoms with Crippen LogP contribution >= 0.6 is 0 Å². The zero-order valence-corrected chi connectivity index (χ0v) is 16.8. The second kappa shape index (κ2) is 7.98. The maximum Gasteiger partial charge on any atom is 0.168 e. The Kier molecular flexibility index (Phi) is 5.42. The molecule has 0 aliphatic carbocycles. The van der Waals surface area contributed by atoms with E-state index in [0.29, 0.717) is 6.42 Å². The van der Waals surface area contributed by atoms with Gasteiger partial charge in [-0.25, -0.2) is 0 Å². The maximum atomic E-state index is 12.8. The van der Waals surface area contributed by atoms with Gasteiger partial charge in [0.05, 0.1) is 30.9 Å². The van der Waals surface area contributed by atoms with Gasteiger partial charge in [-0.15, -0.1) is 0 Å². The van der Waals surface area contributed by atoms with Gasteiger partial charge in [-0.05, 0) is 43.0 Å². The molecule has 4 rings (SSSR count). The first-order valence-electron chi connectivity index (χ1n) is 10.1. The second-order valence-electron chi connectivity index (χ2n) is 8.39. The third-order valence-corrected chi connectivity index (χ3v) is 5.48. The van der Waals surface area contributed by atoms with Crippen molar-refractivity contribution < 1.29 is 9.53 Å². The van der Waals surface area contributed by atoms with Gasteiger partial charge in [0.2, 0.25) is 0 Å². The van der Waals surface area contributed by atoms with Crippen LogP contribution in [0, 0.1) is 0 Å². The molecule has 0 saturated carbocycles. The Bertz CT molecular complexity index is 881. The van der Waals surface area contributed by atoms with Crippen molar-refractivity contribution in [1.29, 1.82) is 0 Å². The molecule has 2 aromatic carbocycles. The van der Waals surface area contributed by atoms with Crippen LogP contribution in [0.1, 0.15) is 47.3 Å². The largest absolute Gasteiger partial charge is 0.379 e. The summed E-state index contributed by atoms with van der Waals surface area (Å²) in [6.07, 6.45) is 1.25. The molecule has 4 heteroatoms. The molecule has 146 valence electrons. The van der Waals surface area contributed by atoms with E-state index in [4.69, 9.17) is 9.73 Å². The number of nitrogens with zero attached hydrogens (tertiary/aromatic N) is 2. The van der Waals surface area contributed by atoms with Crippen LogP contribution in [0.5, 0.6) is 0 Å². The SMILES string of the molecule is CC1(C)Cc2ccc(CN3CCOCC3)cc2C(CC(=O)c2ccccc2)=N1. The molecule has 0 atom stereocenters. The van der Waals surface area contributed by atoms with Gasteiger partial charge in [0, 0.05) is 25.2 Å². The molecule has 2 heterocycles. The number of ether oxygens (including phenoxy) is 1. The predicted octanol–water partition coefficient (Wildman–Crippen LogP) is 3.92. The van der Waals surface area contributed by atoms with E-state index >= 15 is 0 Å². The van der Waals surface area contributed by atoms with Gasteiger partial charge in [-0.1, -0.05) is 42.5 Å². The number of carbonyl (C=O) groups excluding carboxylic acids is 1. The Morgan fingerprint density at radius 1 is 1.11 bits per heavy atom. The third kappa shape index (κ3) is 4.40. The third-order valence-electron chi connectivity index (χ3n) is 5.48. The van der Waals surface area contributed by atoms with Crippen molar-refractivity contribution in [3.63, 3.8) is 0 Å². The lowest BCUT2D eigenvalue weighted by atomic mass is 9.84. The number of hydrogen-bond donors (Lipinski definition) is 0. The number of carbonyl (C=O) groups is 1. The van der Waals surface area contributed by atoms with Crippen LogP contribution < -0.4 is 0 Å². The summed E-state index contributed by atoms with van der Waals surface area (Å²) in [6, 6.07) is 16.2. The van der Waals surface area contributed by atoms with Gasteiger partial charge in [0.25, 0.3) is 0 Å². The number of Topliss-reactive ketones (excluding diaryl/α,β-unsaturated/α-hetero) is 1. The van der Waals surface area contributed by atoms with Gasteiger partial charge in [-0.2, -0.15) is 0 Å². The van der Waals surface area contributed by atoms with E-state index < -0.39 is 0 Å². The summed E-state index contributed by atoms with van der Waals surface area (Å²) in [5.74, 6) is 0.126. The van der Waals surface area contributed by atoms with Crippen molar-refractivity contribution in [1.82, 2.24) is 4.90 Å². The smallest absolute Gasteiger partial charge is 0.168 e. The summed E-state index contributed by atoms with van der Waals surface area (Å²) in [5, 5.41) is 0. The fraction of sp³-hybridized carbons (Fsp3) is 0.417. The average Bonchev–Trinajstić information content (AvgIpc) is 2.69. The first-order valence-corrected chi connectivity index (χ1v) is 10.1. The number of hydrogen-bond acceptors (Lipinski definition) is 4. The monoisotopic (exact) mass is 376 g/mol. The molecule has 0 spiro atoms. The molecule has 28 heavy (non-hydrogen) atoms. The van der Waals surface area contributed by atoms with E-state index in [-0.39, 0.29) is 11.3 Å². The average molecular weight is 376 g/mol. The summed E-state index contributed by atoms with van der Waals surface area (Å²) < 4.78 is 5.46. The van der Waals surface area contributed by atoms with E-state index in [1.165, 1.54) is 11.1 Å². The number of rotatable bonds is 5. The zero-order valence-electron chi connectivity index (χ0n) is 16.8. The van der Waals surface area contributed by atoms with Crippen LogP contribution in [-0.2, 0) is 17.7 Å². The lowest BCUT2D eigenvalue weighted by Gasteiger charge is -2.30. The van der Waals surface area contributed by atoms with E-state index in [1.54, 1.807) is 0 Å². The number of ketones is 1. The minimum Gasteiger partial charge on any atom is -0.379 e. The molecule has 2 aliphatic rings. The molecule has 0 aromatic heterocycles. The Hall–Kier alpha value is -2.30. The van der Waals surface area contributed by atoms with E-state index in [9.17, 15) is 4.79 Å². The number of fused-ring (bicyclic) bond motifs is 1. The minimum absolute atomic E-state index is 0.126. The molecule has 0 unspecified atom stereocenters. The van der Waals surface area contributed by atoms with Crippen LogP contribution in [0.2, 0.25) is 0 Å². The van der Waals surface area contributed by atoms with Gasteiger partial charge in [0.1, 0.15) is 0 Å². The highest BCUT2D eigenvalue weighted by Gasteiger charge is 2.28. The zero-order chi connectivity index (χ0) is 19.6. The molecular weight excluding hydrogens is 348 g/mol. The van der Waals surface area contributed by atoms with Crippen molar-refractivity contribution in [3.05, 3.63) is 70.8 Å². The molecule has 1 fully saturated rings. The lowest BCUT2D eigenvalue weighted by molar-refractivity contribution is 0.0342. The van der Waals surface area contributed by atoms with Crippen molar-refractivity contribution in [2.45, 2.75) is 38.8 Å². The Labute approximate surface area is 167 Å². The Morgan fingerprint density at radius 2 is 1.86 bits per heavy atom. The number of morpholine rings is 1. The van der Waals surface area contributed by atoms with Crippen LogP contribution in [0.3, 0.4) is 0 Å². The van der Waals surface area contributed by atoms with Crippen molar-refractivity contribution in [3.8, 4) is 0 Å². The van der Waals surface area contributed by atoms with E-state index in [2.05, 4.69) is 36.9 Å². The number of benzene rings is 2. The normalized spacial score (nSPS) is 19.0. The summed E-state index contributed by atoms with van der Waals surface area (Å²) in [5.41, 5.74) is 5.21. The quantitative estimate of drug-likeness (QED) is 0.743. The van der Waals surface area contributed by atoms with Gasteiger partial charge >= 0.3 is 0 Å². The Morgan fingerprint density at radius 3 is 2.61 bits per heavy atom. The lowest BCUT2D eigenvalue weighted by Crippen LogP contribution is -2.36. The van der Waals surface area contributed by atoms with E-state index in [1.807, 2.05) is 30.3 Å². The van der Waals surface area contributed by atoms with Crippen LogP contribution in [-0.4, -0.2) is 48.2 Å². The Balaban J connectivity index is 1.60. The van der Waals surface area contributed by atoms with Crippen LogP contribution in [0.4, 0.5) is 0 Å². The fourth-order valence-corrected chi connectivity index (χ4v) is 4.11. The van der Waals surface area contributed by atoms with Gasteiger partial charge < -0.3 is 4.74 Å². The van der Waals surface area contributed by atoms with Crippen molar-refractivity contribution in [2.24, 2.45) is 4.99 Å². The topological polar surface area (TPSA) is 41.9 Å². The highest BCUT2D eigenvalue weighted by molar-refractivity contribution is 6.16. The first kappa shape index (κ1) is 19.0. The highest BCUT2D eigenvalue weighted by Crippen LogP contribution is 2.29. The summed E-state index contributed by atoms with van der Waals surface area (Å²) >= 11 is 0. The van der Waals surface area contributed by atoms with Crippen molar-refractivity contribution in [2.75, 3.05) is 26.3 Å². The molecule has 0 N–H and O–H groups in total. The molecule has 2 aliphatic heterocycles. The molecule has 0 bridgehead atoms. The highest BCUT2D eigenvalue weighted by atomic mass is 16.5. The van der Waals surface area contributed by atoms with Crippen LogP contribution in [0.15, 0.2) is 53.5 Å². The molecule has 2 aromatic rings. The molecule has 0 radical (unpaired) electrons. The fourth-order valence-electron chi connectivity index (χ4n) is 4.11. The maximum absolute atomic E-state index is 12.8. The predicted molar refractivity (Wildman–Crippen MR) is 112 cm³/mol. The van der Waals surface area contributed by atoms with E-state index in [0.717, 1.165) is 56.1 Å². The number of aliphatic imine (C=N–C) groups is 1. The van der Waals surface area contributed by atoms with Gasteiger partial charge in [-0.3, -0.25) is 14.7 Å². The standard InChI is InChI=1S/C24H28N2O2/c1-24(2)16-20-9-8-18(17-26-10-12-28-13-11-26)14-21(20)22(25-24)15-23(27)19-6-4-3-5-7-19/h3-9,14H,10-13,15-17H2,1-2H3. The molecule has 1 saturated heterocycles. The molecular formula is C24H28N2O2. The van der Waals surface area contributed by atoms with Crippen LogP contribution in [0.25, 0.3) is 0 Å². The second-order valence-corrected chi connectivity index (χ2v) is 8.39.